The Bertz CT molecular complexity index is 1140. The minimum absolute atomic E-state index is 0.00234. The molecule has 10 heteroatoms. The van der Waals surface area contributed by atoms with E-state index in [4.69, 9.17) is 4.74 Å². The molecular weight excluding hydrogens is 406 g/mol. The lowest BCUT2D eigenvalue weighted by molar-refractivity contribution is -0.116. The van der Waals surface area contributed by atoms with E-state index in [1.807, 2.05) is 24.3 Å². The molecule has 2 N–H and O–H groups in total. The maximum absolute atomic E-state index is 12.1. The van der Waals surface area contributed by atoms with Crippen LogP contribution in [0.15, 0.2) is 66.1 Å². The van der Waals surface area contributed by atoms with Gasteiger partial charge in [0.05, 0.1) is 12.8 Å². The minimum Gasteiger partial charge on any atom is -0.495 e. The highest BCUT2D eigenvalue weighted by Crippen LogP contribution is 2.25. The highest BCUT2D eigenvalue weighted by Gasteiger charge is 2.17. The summed E-state index contributed by atoms with van der Waals surface area (Å²) in [4.78, 5) is 16.0. The molecule has 9 nitrogen and oxygen atoms in total. The van der Waals surface area contributed by atoms with Crippen LogP contribution < -0.4 is 14.8 Å². The highest BCUT2D eigenvalue weighted by molar-refractivity contribution is 7.89. The number of sulfonamides is 1. The van der Waals surface area contributed by atoms with E-state index in [-0.39, 0.29) is 16.6 Å². The van der Waals surface area contributed by atoms with Crippen molar-refractivity contribution in [3.63, 3.8) is 0 Å². The summed E-state index contributed by atoms with van der Waals surface area (Å²) in [7, 11) is -0.971. The van der Waals surface area contributed by atoms with Crippen molar-refractivity contribution in [2.45, 2.75) is 11.4 Å². The Morgan fingerprint density at radius 3 is 2.60 bits per heavy atom. The van der Waals surface area contributed by atoms with E-state index in [1.165, 1.54) is 38.7 Å². The number of methoxy groups -OCH3 is 1. The number of rotatable bonds is 8. The molecule has 0 aliphatic carbocycles. The maximum Gasteiger partial charge on any atom is 0.244 e. The number of benzene rings is 2. The Labute approximate surface area is 174 Å². The molecule has 0 aliphatic rings. The predicted molar refractivity (Wildman–Crippen MR) is 111 cm³/mol. The third kappa shape index (κ3) is 5.10. The standard InChI is InChI=1S/C20H21N5O4S/c1-21-30(27,28)19-11-15(5-9-18(19)29-2)6-10-20(26)23-12-16-3-7-17(8-4-16)25-14-22-13-24-25/h3-11,13-14,21H,12H2,1-2H3,(H,23,26)/b10-6+. The van der Waals surface area contributed by atoms with Gasteiger partial charge in [-0.05, 0) is 48.5 Å². The molecule has 0 saturated heterocycles. The van der Waals surface area contributed by atoms with Crippen LogP contribution in [0.5, 0.6) is 5.75 Å². The van der Waals surface area contributed by atoms with E-state index in [0.29, 0.717) is 12.1 Å². The monoisotopic (exact) mass is 427 g/mol. The van der Waals surface area contributed by atoms with Gasteiger partial charge in [0.25, 0.3) is 0 Å². The molecule has 0 aliphatic heterocycles. The number of carbonyl (C=O) groups excluding carboxylic acids is 1. The largest absolute Gasteiger partial charge is 0.495 e. The van der Waals surface area contributed by atoms with Gasteiger partial charge in [-0.3, -0.25) is 4.79 Å². The number of aromatic nitrogens is 3. The normalized spacial score (nSPS) is 11.5. The molecule has 0 bridgehead atoms. The van der Waals surface area contributed by atoms with Crippen LogP contribution in [0.3, 0.4) is 0 Å². The molecule has 1 heterocycles. The smallest absolute Gasteiger partial charge is 0.244 e. The van der Waals surface area contributed by atoms with Crippen LogP contribution in [0.4, 0.5) is 0 Å². The van der Waals surface area contributed by atoms with E-state index in [0.717, 1.165) is 11.3 Å². The first-order valence-electron chi connectivity index (χ1n) is 8.94. The first-order valence-corrected chi connectivity index (χ1v) is 10.4. The van der Waals surface area contributed by atoms with Gasteiger partial charge in [-0.15, -0.1) is 0 Å². The van der Waals surface area contributed by atoms with Crippen LogP contribution >= 0.6 is 0 Å². The lowest BCUT2D eigenvalue weighted by Crippen LogP contribution is -2.20. The fraction of sp³-hybridized carbons (Fsp3) is 0.150. The summed E-state index contributed by atoms with van der Waals surface area (Å²) in [5.74, 6) is -0.0792. The van der Waals surface area contributed by atoms with E-state index < -0.39 is 10.0 Å². The SMILES string of the molecule is CNS(=O)(=O)c1cc(/C=C/C(=O)NCc2ccc(-n3cncn3)cc2)ccc1OC. The van der Waals surface area contributed by atoms with Crippen LogP contribution in [0.1, 0.15) is 11.1 Å². The van der Waals surface area contributed by atoms with E-state index in [1.54, 1.807) is 23.1 Å². The minimum atomic E-state index is -3.69. The molecule has 0 atom stereocenters. The maximum atomic E-state index is 12.1. The molecule has 156 valence electrons. The number of carbonyl (C=O) groups is 1. The second-order valence-electron chi connectivity index (χ2n) is 6.18. The van der Waals surface area contributed by atoms with Gasteiger partial charge in [0.2, 0.25) is 15.9 Å². The van der Waals surface area contributed by atoms with E-state index in [2.05, 4.69) is 20.1 Å². The van der Waals surface area contributed by atoms with Gasteiger partial charge in [0.1, 0.15) is 23.3 Å². The number of hydrogen-bond acceptors (Lipinski definition) is 6. The molecule has 0 spiro atoms. The van der Waals surface area contributed by atoms with Gasteiger partial charge in [-0.25, -0.2) is 22.8 Å². The zero-order chi connectivity index (χ0) is 21.6. The molecule has 30 heavy (non-hydrogen) atoms. The fourth-order valence-corrected chi connectivity index (χ4v) is 3.57. The van der Waals surface area contributed by atoms with Gasteiger partial charge in [-0.1, -0.05) is 18.2 Å². The number of ether oxygens (including phenoxy) is 1. The Hall–Kier alpha value is -3.50. The van der Waals surface area contributed by atoms with Crippen molar-refractivity contribution < 1.29 is 17.9 Å². The molecular formula is C20H21N5O4S. The first kappa shape index (κ1) is 21.2. The summed E-state index contributed by atoms with van der Waals surface area (Å²) in [5.41, 5.74) is 2.35. The van der Waals surface area contributed by atoms with Crippen molar-refractivity contribution in [3.05, 3.63) is 72.3 Å². The van der Waals surface area contributed by atoms with Crippen molar-refractivity contribution in [1.29, 1.82) is 0 Å². The summed E-state index contributed by atoms with van der Waals surface area (Å²) in [6, 6.07) is 12.2. The molecule has 3 rings (SSSR count). The van der Waals surface area contributed by atoms with Crippen LogP contribution in [0.25, 0.3) is 11.8 Å². The molecule has 0 saturated carbocycles. The molecule has 3 aromatic rings. The first-order chi connectivity index (χ1) is 14.4. The van der Waals surface area contributed by atoms with Gasteiger partial charge >= 0.3 is 0 Å². The number of nitrogens with zero attached hydrogens (tertiary/aromatic N) is 3. The van der Waals surface area contributed by atoms with Crippen LogP contribution in [0, 0.1) is 0 Å². The molecule has 0 fully saturated rings. The molecule has 1 aromatic heterocycles. The molecule has 1 amide bonds. The zero-order valence-electron chi connectivity index (χ0n) is 16.4. The summed E-state index contributed by atoms with van der Waals surface area (Å²) < 4.78 is 33.3. The van der Waals surface area contributed by atoms with Gasteiger partial charge in [-0.2, -0.15) is 5.10 Å². The quantitative estimate of drug-likeness (QED) is 0.527. The van der Waals surface area contributed by atoms with Gasteiger partial charge < -0.3 is 10.1 Å². The third-order valence-electron chi connectivity index (χ3n) is 4.26. The Balaban J connectivity index is 1.63. The fourth-order valence-electron chi connectivity index (χ4n) is 2.65. The van der Waals surface area contributed by atoms with Gasteiger partial charge in [0.15, 0.2) is 0 Å². The predicted octanol–water partition coefficient (Wildman–Crippen LogP) is 1.51. The lowest BCUT2D eigenvalue weighted by Gasteiger charge is -2.09. The second-order valence-corrected chi connectivity index (χ2v) is 8.03. The van der Waals surface area contributed by atoms with Crippen molar-refractivity contribution in [3.8, 4) is 11.4 Å². The highest BCUT2D eigenvalue weighted by atomic mass is 32.2. The number of hydrogen-bond donors (Lipinski definition) is 2. The average Bonchev–Trinajstić information content (AvgIpc) is 3.31. The average molecular weight is 427 g/mol. The topological polar surface area (TPSA) is 115 Å². The Morgan fingerprint density at radius 1 is 1.20 bits per heavy atom. The van der Waals surface area contributed by atoms with Gasteiger partial charge in [0, 0.05) is 12.6 Å². The number of amides is 1. The Kier molecular flexibility index (Phi) is 6.60. The summed E-state index contributed by atoms with van der Waals surface area (Å²) in [6.07, 6.45) is 5.95. The second kappa shape index (κ2) is 9.33. The number of nitrogens with one attached hydrogen (secondary N) is 2. The summed E-state index contributed by atoms with van der Waals surface area (Å²) in [5, 5.41) is 6.84. The van der Waals surface area contributed by atoms with Crippen molar-refractivity contribution >= 4 is 22.0 Å². The van der Waals surface area contributed by atoms with Crippen molar-refractivity contribution in [1.82, 2.24) is 24.8 Å². The van der Waals surface area contributed by atoms with Crippen LogP contribution in [0.2, 0.25) is 0 Å². The van der Waals surface area contributed by atoms with Crippen LogP contribution in [-0.2, 0) is 21.4 Å². The zero-order valence-corrected chi connectivity index (χ0v) is 17.3. The van der Waals surface area contributed by atoms with E-state index in [9.17, 15) is 13.2 Å². The molecule has 0 radical (unpaired) electrons. The summed E-state index contributed by atoms with van der Waals surface area (Å²) in [6.45, 7) is 0.350. The van der Waals surface area contributed by atoms with Crippen molar-refractivity contribution in [2.75, 3.05) is 14.2 Å². The molecule has 0 unspecified atom stereocenters. The Morgan fingerprint density at radius 2 is 1.97 bits per heavy atom. The third-order valence-corrected chi connectivity index (χ3v) is 5.69. The summed E-state index contributed by atoms with van der Waals surface area (Å²) >= 11 is 0. The van der Waals surface area contributed by atoms with E-state index >= 15 is 0 Å². The van der Waals surface area contributed by atoms with Crippen molar-refractivity contribution in [2.24, 2.45) is 0 Å². The van der Waals surface area contributed by atoms with Crippen LogP contribution in [-0.4, -0.2) is 43.2 Å². The molecule has 2 aromatic carbocycles. The lowest BCUT2D eigenvalue weighted by atomic mass is 10.2.